The molecule has 0 aliphatic carbocycles. The summed E-state index contributed by atoms with van der Waals surface area (Å²) in [5, 5.41) is 6.57. The highest BCUT2D eigenvalue weighted by Crippen LogP contribution is 2.25. The zero-order valence-corrected chi connectivity index (χ0v) is 10.5. The van der Waals surface area contributed by atoms with Gasteiger partial charge in [-0.3, -0.25) is 0 Å². The maximum atomic E-state index is 4.32. The highest BCUT2D eigenvalue weighted by molar-refractivity contribution is 7.12. The minimum Gasteiger partial charge on any atom is -0.312 e. The summed E-state index contributed by atoms with van der Waals surface area (Å²) < 4.78 is 0. The quantitative estimate of drug-likeness (QED) is 0.885. The summed E-state index contributed by atoms with van der Waals surface area (Å²) in [6.45, 7) is 2.14. The fourth-order valence-corrected chi connectivity index (χ4v) is 3.16. The lowest BCUT2D eigenvalue weighted by molar-refractivity contribution is 0.600. The standard InChI is InChI=1S/C11H14N2S2/c1-8-3-4-10(15-8)9(12-2)7-11-13-5-6-14-11/h3-6,9,12H,7H2,1-2H3. The summed E-state index contributed by atoms with van der Waals surface area (Å²) in [5.74, 6) is 0. The van der Waals surface area contributed by atoms with Gasteiger partial charge in [-0.25, -0.2) is 4.98 Å². The molecule has 1 unspecified atom stereocenters. The molecular formula is C11H14N2S2. The fraction of sp³-hybridized carbons (Fsp3) is 0.364. The molecule has 2 rings (SSSR count). The molecule has 0 fully saturated rings. The van der Waals surface area contributed by atoms with Crippen molar-refractivity contribution in [2.45, 2.75) is 19.4 Å². The van der Waals surface area contributed by atoms with Gasteiger partial charge in [0.1, 0.15) is 0 Å². The summed E-state index contributed by atoms with van der Waals surface area (Å²) in [5.41, 5.74) is 0. The average Bonchev–Trinajstić information content (AvgIpc) is 2.85. The fourth-order valence-electron chi connectivity index (χ4n) is 1.51. The Balaban J connectivity index is 2.11. The number of aryl methyl sites for hydroxylation is 1. The number of hydrogen-bond acceptors (Lipinski definition) is 4. The van der Waals surface area contributed by atoms with Gasteiger partial charge in [0.2, 0.25) is 0 Å². The van der Waals surface area contributed by atoms with E-state index in [4.69, 9.17) is 0 Å². The van der Waals surface area contributed by atoms with Crippen LogP contribution in [0.1, 0.15) is 20.8 Å². The smallest absolute Gasteiger partial charge is 0.0944 e. The molecule has 4 heteroatoms. The van der Waals surface area contributed by atoms with E-state index >= 15 is 0 Å². The van der Waals surface area contributed by atoms with Crippen LogP contribution in [0.3, 0.4) is 0 Å². The molecule has 0 saturated carbocycles. The summed E-state index contributed by atoms with van der Waals surface area (Å²) in [6, 6.07) is 4.77. The largest absolute Gasteiger partial charge is 0.312 e. The Kier molecular flexibility index (Phi) is 3.51. The molecule has 15 heavy (non-hydrogen) atoms. The molecule has 0 aliphatic rings. The number of aromatic nitrogens is 1. The lowest BCUT2D eigenvalue weighted by atomic mass is 10.2. The number of thiazole rings is 1. The first-order chi connectivity index (χ1) is 7.29. The summed E-state index contributed by atoms with van der Waals surface area (Å²) in [7, 11) is 2.01. The Morgan fingerprint density at radius 1 is 1.47 bits per heavy atom. The first-order valence-corrected chi connectivity index (χ1v) is 6.61. The van der Waals surface area contributed by atoms with Gasteiger partial charge < -0.3 is 5.32 Å². The van der Waals surface area contributed by atoms with Crippen LogP contribution in [0.25, 0.3) is 0 Å². The van der Waals surface area contributed by atoms with E-state index in [0.717, 1.165) is 6.42 Å². The number of rotatable bonds is 4. The predicted molar refractivity (Wildman–Crippen MR) is 66.7 cm³/mol. The van der Waals surface area contributed by atoms with Gasteiger partial charge in [-0.15, -0.1) is 22.7 Å². The van der Waals surface area contributed by atoms with E-state index < -0.39 is 0 Å². The number of hydrogen-bond donors (Lipinski definition) is 1. The first-order valence-electron chi connectivity index (χ1n) is 4.91. The second kappa shape index (κ2) is 4.88. The minimum absolute atomic E-state index is 0.398. The van der Waals surface area contributed by atoms with Gasteiger partial charge in [-0.1, -0.05) is 0 Å². The van der Waals surface area contributed by atoms with Crippen LogP contribution in [-0.4, -0.2) is 12.0 Å². The Morgan fingerprint density at radius 3 is 2.87 bits per heavy atom. The van der Waals surface area contributed by atoms with Crippen LogP contribution in [0.2, 0.25) is 0 Å². The van der Waals surface area contributed by atoms with E-state index in [1.807, 2.05) is 30.0 Å². The van der Waals surface area contributed by atoms with Crippen molar-refractivity contribution in [3.8, 4) is 0 Å². The van der Waals surface area contributed by atoms with Crippen molar-refractivity contribution in [3.05, 3.63) is 38.5 Å². The average molecular weight is 238 g/mol. The van der Waals surface area contributed by atoms with Crippen LogP contribution in [0.5, 0.6) is 0 Å². The molecule has 2 aromatic heterocycles. The minimum atomic E-state index is 0.398. The lowest BCUT2D eigenvalue weighted by Gasteiger charge is -2.12. The van der Waals surface area contributed by atoms with Crippen molar-refractivity contribution >= 4 is 22.7 Å². The third-order valence-electron chi connectivity index (χ3n) is 2.32. The summed E-state index contributed by atoms with van der Waals surface area (Å²) >= 11 is 3.58. The van der Waals surface area contributed by atoms with Crippen LogP contribution in [0.4, 0.5) is 0 Å². The summed E-state index contributed by atoms with van der Waals surface area (Å²) in [4.78, 5) is 7.08. The molecule has 0 amide bonds. The Bertz CT molecular complexity index is 406. The van der Waals surface area contributed by atoms with E-state index in [1.54, 1.807) is 11.3 Å². The van der Waals surface area contributed by atoms with E-state index in [-0.39, 0.29) is 0 Å². The Morgan fingerprint density at radius 2 is 2.33 bits per heavy atom. The van der Waals surface area contributed by atoms with E-state index in [0.29, 0.717) is 6.04 Å². The van der Waals surface area contributed by atoms with Gasteiger partial charge in [-0.05, 0) is 26.1 Å². The number of nitrogens with zero attached hydrogens (tertiary/aromatic N) is 1. The zero-order chi connectivity index (χ0) is 10.7. The molecule has 0 spiro atoms. The Labute approximate surface area is 98.0 Å². The molecule has 80 valence electrons. The van der Waals surface area contributed by atoms with Crippen molar-refractivity contribution in [3.63, 3.8) is 0 Å². The zero-order valence-electron chi connectivity index (χ0n) is 8.86. The van der Waals surface area contributed by atoms with Gasteiger partial charge in [-0.2, -0.15) is 0 Å². The SMILES string of the molecule is CNC(Cc1nccs1)c1ccc(C)s1. The topological polar surface area (TPSA) is 24.9 Å². The second-order valence-electron chi connectivity index (χ2n) is 3.42. The molecule has 0 bridgehead atoms. The molecule has 1 atom stereocenters. The maximum Gasteiger partial charge on any atom is 0.0944 e. The third-order valence-corrected chi connectivity index (χ3v) is 4.23. The van der Waals surface area contributed by atoms with Gasteiger partial charge >= 0.3 is 0 Å². The lowest BCUT2D eigenvalue weighted by Crippen LogP contribution is -2.17. The monoisotopic (exact) mass is 238 g/mol. The van der Waals surface area contributed by atoms with Crippen molar-refractivity contribution < 1.29 is 0 Å². The maximum absolute atomic E-state index is 4.32. The Hall–Kier alpha value is -0.710. The van der Waals surface area contributed by atoms with Gasteiger partial charge in [0.05, 0.1) is 5.01 Å². The van der Waals surface area contributed by atoms with E-state index in [1.165, 1.54) is 14.8 Å². The van der Waals surface area contributed by atoms with Crippen molar-refractivity contribution in [2.24, 2.45) is 0 Å². The molecule has 0 radical (unpaired) electrons. The molecule has 2 heterocycles. The van der Waals surface area contributed by atoms with Crippen LogP contribution in [0.15, 0.2) is 23.7 Å². The van der Waals surface area contributed by atoms with Crippen LogP contribution in [-0.2, 0) is 6.42 Å². The third kappa shape index (κ3) is 2.65. The van der Waals surface area contributed by atoms with Crippen LogP contribution >= 0.6 is 22.7 Å². The van der Waals surface area contributed by atoms with Gasteiger partial charge in [0.15, 0.2) is 0 Å². The molecule has 2 aromatic rings. The van der Waals surface area contributed by atoms with Crippen molar-refractivity contribution in [2.75, 3.05) is 7.05 Å². The van der Waals surface area contributed by atoms with E-state index in [9.17, 15) is 0 Å². The van der Waals surface area contributed by atoms with Crippen molar-refractivity contribution in [1.82, 2.24) is 10.3 Å². The highest BCUT2D eigenvalue weighted by Gasteiger charge is 2.12. The number of nitrogens with one attached hydrogen (secondary N) is 1. The summed E-state index contributed by atoms with van der Waals surface area (Å²) in [6.07, 6.45) is 2.85. The molecular weight excluding hydrogens is 224 g/mol. The first kappa shape index (κ1) is 10.8. The van der Waals surface area contributed by atoms with Gasteiger partial charge in [0.25, 0.3) is 0 Å². The molecule has 0 aliphatic heterocycles. The highest BCUT2D eigenvalue weighted by atomic mass is 32.1. The number of thiophene rings is 1. The molecule has 0 aromatic carbocycles. The molecule has 1 N–H and O–H groups in total. The van der Waals surface area contributed by atoms with Gasteiger partial charge in [0, 0.05) is 33.8 Å². The van der Waals surface area contributed by atoms with Crippen molar-refractivity contribution in [1.29, 1.82) is 0 Å². The second-order valence-corrected chi connectivity index (χ2v) is 5.72. The van der Waals surface area contributed by atoms with E-state index in [2.05, 4.69) is 29.4 Å². The molecule has 0 saturated heterocycles. The van der Waals surface area contributed by atoms with Crippen LogP contribution < -0.4 is 5.32 Å². The molecule has 2 nitrogen and oxygen atoms in total. The number of likely N-dealkylation sites (N-methyl/N-ethyl adjacent to an activating group) is 1. The van der Waals surface area contributed by atoms with Crippen LogP contribution in [0, 0.1) is 6.92 Å². The normalized spacial score (nSPS) is 12.9. The predicted octanol–water partition coefficient (Wildman–Crippen LogP) is 3.02.